The lowest BCUT2D eigenvalue weighted by Gasteiger charge is -2.32. The highest BCUT2D eigenvalue weighted by Gasteiger charge is 2.21. The number of hydrogen-bond donors (Lipinski definition) is 1. The number of nitrogens with zero attached hydrogens (tertiary/aromatic N) is 2. The van der Waals surface area contributed by atoms with Crippen LogP contribution in [0.2, 0.25) is 0 Å². The van der Waals surface area contributed by atoms with Gasteiger partial charge >= 0.3 is 0 Å². The Hall–Kier alpha value is -2.47. The molecule has 5 nitrogen and oxygen atoms in total. The molecule has 6 heteroatoms. The van der Waals surface area contributed by atoms with Gasteiger partial charge in [0.15, 0.2) is 6.61 Å². The van der Waals surface area contributed by atoms with E-state index in [9.17, 15) is 9.18 Å². The van der Waals surface area contributed by atoms with Crippen molar-refractivity contribution in [2.45, 2.75) is 25.4 Å². The fraction of sp³-hybridized carbons (Fsp3) is 0.368. The van der Waals surface area contributed by atoms with Gasteiger partial charge in [-0.05, 0) is 49.2 Å². The van der Waals surface area contributed by atoms with Crippen molar-refractivity contribution in [1.29, 1.82) is 0 Å². The third kappa shape index (κ3) is 5.53. The molecule has 25 heavy (non-hydrogen) atoms. The summed E-state index contributed by atoms with van der Waals surface area (Å²) < 4.78 is 18.2. The van der Waals surface area contributed by atoms with E-state index >= 15 is 0 Å². The van der Waals surface area contributed by atoms with Gasteiger partial charge in [0.25, 0.3) is 5.91 Å². The van der Waals surface area contributed by atoms with E-state index in [0.717, 1.165) is 38.2 Å². The second-order valence-electron chi connectivity index (χ2n) is 6.18. The Kier molecular flexibility index (Phi) is 5.95. The molecule has 0 radical (unpaired) electrons. The number of ether oxygens (including phenoxy) is 1. The van der Waals surface area contributed by atoms with Crippen molar-refractivity contribution < 1.29 is 13.9 Å². The van der Waals surface area contributed by atoms with E-state index in [0.29, 0.717) is 5.75 Å². The van der Waals surface area contributed by atoms with E-state index < -0.39 is 0 Å². The molecule has 1 aliphatic heterocycles. The van der Waals surface area contributed by atoms with Crippen molar-refractivity contribution in [1.82, 2.24) is 15.2 Å². The number of carbonyl (C=O) groups excluding carboxylic acids is 1. The highest BCUT2D eigenvalue weighted by molar-refractivity contribution is 5.77. The zero-order valence-electron chi connectivity index (χ0n) is 14.0. The van der Waals surface area contributed by atoms with Crippen LogP contribution in [0.3, 0.4) is 0 Å². The first-order valence-corrected chi connectivity index (χ1v) is 8.49. The van der Waals surface area contributed by atoms with Gasteiger partial charge in [0.05, 0.1) is 5.69 Å². The predicted octanol–water partition coefficient (Wildman–Crippen LogP) is 2.38. The van der Waals surface area contributed by atoms with Gasteiger partial charge in [-0.25, -0.2) is 4.39 Å². The fourth-order valence-corrected chi connectivity index (χ4v) is 2.91. The van der Waals surface area contributed by atoms with Gasteiger partial charge in [0.1, 0.15) is 11.6 Å². The molecule has 1 N–H and O–H groups in total. The van der Waals surface area contributed by atoms with E-state index in [-0.39, 0.29) is 24.4 Å². The number of aromatic nitrogens is 1. The third-order valence-electron chi connectivity index (χ3n) is 4.25. The summed E-state index contributed by atoms with van der Waals surface area (Å²) in [7, 11) is 0. The molecule has 0 unspecified atom stereocenters. The maximum absolute atomic E-state index is 12.8. The molecular weight excluding hydrogens is 321 g/mol. The number of nitrogens with one attached hydrogen (secondary N) is 1. The van der Waals surface area contributed by atoms with E-state index in [1.165, 1.54) is 24.3 Å². The average molecular weight is 343 g/mol. The maximum atomic E-state index is 12.8. The minimum absolute atomic E-state index is 0.0558. The Balaban J connectivity index is 1.36. The monoisotopic (exact) mass is 343 g/mol. The van der Waals surface area contributed by atoms with Crippen LogP contribution in [0, 0.1) is 5.82 Å². The minimum atomic E-state index is -0.325. The molecule has 132 valence electrons. The van der Waals surface area contributed by atoms with Crippen LogP contribution >= 0.6 is 0 Å². The molecule has 0 aliphatic carbocycles. The Morgan fingerprint density at radius 3 is 2.64 bits per heavy atom. The number of benzene rings is 1. The second-order valence-corrected chi connectivity index (χ2v) is 6.18. The van der Waals surface area contributed by atoms with Crippen molar-refractivity contribution in [2.75, 3.05) is 19.7 Å². The highest BCUT2D eigenvalue weighted by Crippen LogP contribution is 2.14. The smallest absolute Gasteiger partial charge is 0.258 e. The summed E-state index contributed by atoms with van der Waals surface area (Å²) in [6.45, 7) is 2.65. The first kappa shape index (κ1) is 17.4. The first-order chi connectivity index (χ1) is 12.2. The van der Waals surface area contributed by atoms with E-state index in [1.54, 1.807) is 0 Å². The SMILES string of the molecule is O=C(COc1ccc(F)cc1)NC1CCN(Cc2ccccn2)CC1. The summed E-state index contributed by atoms with van der Waals surface area (Å²) in [6.07, 6.45) is 3.63. The number of hydrogen-bond acceptors (Lipinski definition) is 4. The van der Waals surface area contributed by atoms with Crippen LogP contribution in [0.25, 0.3) is 0 Å². The number of rotatable bonds is 6. The molecule has 3 rings (SSSR count). The van der Waals surface area contributed by atoms with Gasteiger partial charge in [0.2, 0.25) is 0 Å². The van der Waals surface area contributed by atoms with Gasteiger partial charge in [-0.15, -0.1) is 0 Å². The summed E-state index contributed by atoms with van der Waals surface area (Å²) in [5, 5.41) is 3.00. The third-order valence-corrected chi connectivity index (χ3v) is 4.25. The summed E-state index contributed by atoms with van der Waals surface area (Å²) in [5.74, 6) is 0.0171. The number of pyridine rings is 1. The summed E-state index contributed by atoms with van der Waals surface area (Å²) in [6, 6.07) is 11.8. The van der Waals surface area contributed by atoms with Crippen molar-refractivity contribution >= 4 is 5.91 Å². The van der Waals surface area contributed by atoms with Gasteiger partial charge < -0.3 is 10.1 Å². The van der Waals surface area contributed by atoms with Crippen LogP contribution in [0.5, 0.6) is 5.75 Å². The highest BCUT2D eigenvalue weighted by atomic mass is 19.1. The molecule has 1 aromatic carbocycles. The summed E-state index contributed by atoms with van der Waals surface area (Å²) >= 11 is 0. The van der Waals surface area contributed by atoms with Gasteiger partial charge in [0, 0.05) is 31.9 Å². The number of likely N-dealkylation sites (tertiary alicyclic amines) is 1. The summed E-state index contributed by atoms with van der Waals surface area (Å²) in [5.41, 5.74) is 1.07. The van der Waals surface area contributed by atoms with Crippen LogP contribution in [0.4, 0.5) is 4.39 Å². The maximum Gasteiger partial charge on any atom is 0.258 e. The lowest BCUT2D eigenvalue weighted by molar-refractivity contribution is -0.124. The lowest BCUT2D eigenvalue weighted by atomic mass is 10.0. The molecular formula is C19H22FN3O2. The molecule has 1 saturated heterocycles. The Labute approximate surface area is 146 Å². The molecule has 1 amide bonds. The number of carbonyl (C=O) groups is 1. The largest absolute Gasteiger partial charge is 0.484 e. The summed E-state index contributed by atoms with van der Waals surface area (Å²) in [4.78, 5) is 18.7. The Morgan fingerprint density at radius 2 is 1.96 bits per heavy atom. The Morgan fingerprint density at radius 1 is 1.20 bits per heavy atom. The van der Waals surface area contributed by atoms with Crippen molar-refractivity contribution in [3.63, 3.8) is 0 Å². The normalized spacial score (nSPS) is 15.7. The molecule has 1 fully saturated rings. The van der Waals surface area contributed by atoms with Crippen molar-refractivity contribution in [3.05, 3.63) is 60.2 Å². The second kappa shape index (κ2) is 8.58. The van der Waals surface area contributed by atoms with Gasteiger partial charge in [-0.2, -0.15) is 0 Å². The molecule has 2 aromatic rings. The van der Waals surface area contributed by atoms with Crippen molar-refractivity contribution in [3.8, 4) is 5.75 Å². The standard InChI is InChI=1S/C19H22FN3O2/c20-15-4-6-18(7-5-15)25-14-19(24)22-16-8-11-23(12-9-16)13-17-3-1-2-10-21-17/h1-7,10,16H,8-9,11-14H2,(H,22,24). The predicted molar refractivity (Wildman–Crippen MR) is 92.6 cm³/mol. The first-order valence-electron chi connectivity index (χ1n) is 8.49. The van der Waals surface area contributed by atoms with Gasteiger partial charge in [-0.3, -0.25) is 14.7 Å². The topological polar surface area (TPSA) is 54.5 Å². The molecule has 0 spiro atoms. The van der Waals surface area contributed by atoms with Gasteiger partial charge in [-0.1, -0.05) is 6.07 Å². The fourth-order valence-electron chi connectivity index (χ4n) is 2.91. The number of piperidine rings is 1. The molecule has 0 atom stereocenters. The van der Waals surface area contributed by atoms with Crippen molar-refractivity contribution in [2.24, 2.45) is 0 Å². The number of halogens is 1. The molecule has 0 saturated carbocycles. The average Bonchev–Trinajstić information content (AvgIpc) is 2.64. The Bertz CT molecular complexity index is 671. The van der Waals surface area contributed by atoms with Crippen LogP contribution in [0.1, 0.15) is 18.5 Å². The zero-order valence-corrected chi connectivity index (χ0v) is 14.0. The quantitative estimate of drug-likeness (QED) is 0.875. The van der Waals surface area contributed by atoms with E-state index in [4.69, 9.17) is 4.74 Å². The molecule has 1 aliphatic rings. The van der Waals surface area contributed by atoms with Crippen LogP contribution in [-0.4, -0.2) is 41.5 Å². The van der Waals surface area contributed by atoms with E-state index in [2.05, 4.69) is 15.2 Å². The molecule has 0 bridgehead atoms. The molecule has 2 heterocycles. The molecule has 1 aromatic heterocycles. The number of amides is 1. The van der Waals surface area contributed by atoms with Crippen LogP contribution < -0.4 is 10.1 Å². The minimum Gasteiger partial charge on any atom is -0.484 e. The lowest BCUT2D eigenvalue weighted by Crippen LogP contribution is -2.45. The van der Waals surface area contributed by atoms with Crippen LogP contribution in [-0.2, 0) is 11.3 Å². The zero-order chi connectivity index (χ0) is 17.5. The van der Waals surface area contributed by atoms with E-state index in [1.807, 2.05) is 24.4 Å². The van der Waals surface area contributed by atoms with Crippen LogP contribution in [0.15, 0.2) is 48.7 Å².